The molecular formula is C13H16N2O2. The number of hydrogen-bond acceptors (Lipinski definition) is 2. The van der Waals surface area contributed by atoms with Crippen LogP contribution < -0.4 is 0 Å². The van der Waals surface area contributed by atoms with Crippen molar-refractivity contribution in [3.63, 3.8) is 0 Å². The second-order valence-corrected chi connectivity index (χ2v) is 3.96. The molecule has 2 rings (SSSR count). The number of rotatable bonds is 4. The highest BCUT2D eigenvalue weighted by atomic mass is 16.5. The first-order valence-corrected chi connectivity index (χ1v) is 5.54. The smallest absolute Gasteiger partial charge is 0.254 e. The van der Waals surface area contributed by atoms with Crippen LogP contribution in [0.2, 0.25) is 0 Å². The summed E-state index contributed by atoms with van der Waals surface area (Å²) in [5.74, 6) is 0.0206. The van der Waals surface area contributed by atoms with Crippen LogP contribution in [0, 0.1) is 0 Å². The molecule has 1 heterocycles. The molecule has 0 atom stereocenters. The standard InChI is InChI=1S/C13H16N2O2/c1-15(8-9-17-2)13(16)11-4-3-5-12-10(11)6-7-14-12/h3-7,14H,8-9H2,1-2H3. The lowest BCUT2D eigenvalue weighted by Gasteiger charge is -2.17. The Morgan fingerprint density at radius 3 is 3.00 bits per heavy atom. The highest BCUT2D eigenvalue weighted by molar-refractivity contribution is 6.06. The van der Waals surface area contributed by atoms with Crippen LogP contribution in [0.4, 0.5) is 0 Å². The molecular weight excluding hydrogens is 216 g/mol. The lowest BCUT2D eigenvalue weighted by atomic mass is 10.1. The number of aromatic nitrogens is 1. The predicted octanol–water partition coefficient (Wildman–Crippen LogP) is 1.89. The van der Waals surface area contributed by atoms with E-state index < -0.39 is 0 Å². The van der Waals surface area contributed by atoms with Crippen LogP contribution in [-0.4, -0.2) is 43.1 Å². The summed E-state index contributed by atoms with van der Waals surface area (Å²) < 4.78 is 4.97. The molecule has 1 amide bonds. The first kappa shape index (κ1) is 11.7. The third-order valence-electron chi connectivity index (χ3n) is 2.80. The summed E-state index contributed by atoms with van der Waals surface area (Å²) in [6, 6.07) is 7.62. The second kappa shape index (κ2) is 5.01. The summed E-state index contributed by atoms with van der Waals surface area (Å²) >= 11 is 0. The fourth-order valence-electron chi connectivity index (χ4n) is 1.81. The van der Waals surface area contributed by atoms with Gasteiger partial charge in [-0.1, -0.05) is 6.07 Å². The number of amides is 1. The van der Waals surface area contributed by atoms with Crippen molar-refractivity contribution in [2.24, 2.45) is 0 Å². The Hall–Kier alpha value is -1.81. The molecule has 90 valence electrons. The normalized spacial score (nSPS) is 10.7. The summed E-state index contributed by atoms with van der Waals surface area (Å²) in [5, 5.41) is 0.960. The number of nitrogens with one attached hydrogen (secondary N) is 1. The van der Waals surface area contributed by atoms with Crippen LogP contribution in [-0.2, 0) is 4.74 Å². The van der Waals surface area contributed by atoms with Crippen molar-refractivity contribution in [3.05, 3.63) is 36.0 Å². The molecule has 17 heavy (non-hydrogen) atoms. The van der Waals surface area contributed by atoms with E-state index in [2.05, 4.69) is 4.98 Å². The van der Waals surface area contributed by atoms with Crippen LogP contribution in [0.25, 0.3) is 10.9 Å². The van der Waals surface area contributed by atoms with Crippen molar-refractivity contribution in [3.8, 4) is 0 Å². The average Bonchev–Trinajstić information content (AvgIpc) is 2.82. The molecule has 0 aliphatic carbocycles. The molecule has 0 bridgehead atoms. The number of aromatic amines is 1. The maximum absolute atomic E-state index is 12.2. The molecule has 4 nitrogen and oxygen atoms in total. The van der Waals surface area contributed by atoms with Crippen molar-refractivity contribution in [1.82, 2.24) is 9.88 Å². The number of benzene rings is 1. The van der Waals surface area contributed by atoms with Crippen molar-refractivity contribution in [1.29, 1.82) is 0 Å². The van der Waals surface area contributed by atoms with Gasteiger partial charge in [-0.05, 0) is 18.2 Å². The van der Waals surface area contributed by atoms with Gasteiger partial charge in [0.1, 0.15) is 0 Å². The van der Waals surface area contributed by atoms with Crippen molar-refractivity contribution < 1.29 is 9.53 Å². The molecule has 0 unspecified atom stereocenters. The minimum Gasteiger partial charge on any atom is -0.383 e. The molecule has 1 aromatic carbocycles. The van der Waals surface area contributed by atoms with E-state index in [4.69, 9.17) is 4.74 Å². The monoisotopic (exact) mass is 232 g/mol. The molecule has 0 aliphatic heterocycles. The first-order chi connectivity index (χ1) is 8.24. The molecule has 0 spiro atoms. The van der Waals surface area contributed by atoms with E-state index in [-0.39, 0.29) is 5.91 Å². The molecule has 0 radical (unpaired) electrons. The summed E-state index contributed by atoms with van der Waals surface area (Å²) in [6.07, 6.45) is 1.84. The average molecular weight is 232 g/mol. The zero-order valence-corrected chi connectivity index (χ0v) is 10.1. The topological polar surface area (TPSA) is 45.3 Å². The lowest BCUT2D eigenvalue weighted by molar-refractivity contribution is 0.0746. The first-order valence-electron chi connectivity index (χ1n) is 5.54. The Morgan fingerprint density at radius 1 is 1.41 bits per heavy atom. The number of hydrogen-bond donors (Lipinski definition) is 1. The Bertz CT molecular complexity index is 519. The van der Waals surface area contributed by atoms with E-state index in [9.17, 15) is 4.79 Å². The van der Waals surface area contributed by atoms with Crippen LogP contribution in [0.5, 0.6) is 0 Å². The van der Waals surface area contributed by atoms with Gasteiger partial charge >= 0.3 is 0 Å². The van der Waals surface area contributed by atoms with Gasteiger partial charge in [0.2, 0.25) is 0 Å². The molecule has 1 aromatic heterocycles. The highest BCUT2D eigenvalue weighted by Gasteiger charge is 2.14. The number of likely N-dealkylation sites (N-methyl/N-ethyl adjacent to an activating group) is 1. The van der Waals surface area contributed by atoms with Gasteiger partial charge in [0, 0.05) is 43.4 Å². The third kappa shape index (κ3) is 2.31. The lowest BCUT2D eigenvalue weighted by Crippen LogP contribution is -2.30. The number of carbonyl (C=O) groups excluding carboxylic acids is 1. The minimum atomic E-state index is 0.0206. The molecule has 4 heteroatoms. The fourth-order valence-corrected chi connectivity index (χ4v) is 1.81. The Balaban J connectivity index is 2.27. The van der Waals surface area contributed by atoms with Crippen molar-refractivity contribution >= 4 is 16.8 Å². The van der Waals surface area contributed by atoms with E-state index >= 15 is 0 Å². The van der Waals surface area contributed by atoms with Crippen LogP contribution in [0.15, 0.2) is 30.5 Å². The number of methoxy groups -OCH3 is 1. The Kier molecular flexibility index (Phi) is 3.44. The quantitative estimate of drug-likeness (QED) is 0.874. The number of fused-ring (bicyclic) bond motifs is 1. The van der Waals surface area contributed by atoms with Crippen LogP contribution >= 0.6 is 0 Å². The second-order valence-electron chi connectivity index (χ2n) is 3.96. The molecule has 2 aromatic rings. The Labute approximate surface area is 100 Å². The van der Waals surface area contributed by atoms with Crippen molar-refractivity contribution in [2.75, 3.05) is 27.3 Å². The SMILES string of the molecule is COCCN(C)C(=O)c1cccc2[nH]ccc12. The Morgan fingerprint density at radius 2 is 2.24 bits per heavy atom. The molecule has 0 saturated carbocycles. The summed E-state index contributed by atoms with van der Waals surface area (Å²) in [6.45, 7) is 1.14. The maximum Gasteiger partial charge on any atom is 0.254 e. The van der Waals surface area contributed by atoms with E-state index in [0.717, 1.165) is 16.5 Å². The molecule has 0 saturated heterocycles. The molecule has 1 N–H and O–H groups in total. The minimum absolute atomic E-state index is 0.0206. The van der Waals surface area contributed by atoms with E-state index in [1.54, 1.807) is 19.1 Å². The van der Waals surface area contributed by atoms with Gasteiger partial charge in [-0.15, -0.1) is 0 Å². The van der Waals surface area contributed by atoms with Gasteiger partial charge < -0.3 is 14.6 Å². The van der Waals surface area contributed by atoms with Gasteiger partial charge in [-0.2, -0.15) is 0 Å². The van der Waals surface area contributed by atoms with Gasteiger partial charge in [0.05, 0.1) is 6.61 Å². The highest BCUT2D eigenvalue weighted by Crippen LogP contribution is 2.18. The summed E-state index contributed by atoms with van der Waals surface area (Å²) in [5.41, 5.74) is 1.71. The number of H-pyrrole nitrogens is 1. The van der Waals surface area contributed by atoms with E-state index in [0.29, 0.717) is 13.2 Å². The van der Waals surface area contributed by atoms with Gasteiger partial charge in [0.25, 0.3) is 5.91 Å². The predicted molar refractivity (Wildman–Crippen MR) is 67.1 cm³/mol. The van der Waals surface area contributed by atoms with Crippen LogP contribution in [0.3, 0.4) is 0 Å². The van der Waals surface area contributed by atoms with Gasteiger partial charge in [-0.25, -0.2) is 0 Å². The van der Waals surface area contributed by atoms with Crippen LogP contribution in [0.1, 0.15) is 10.4 Å². The number of ether oxygens (including phenoxy) is 1. The molecule has 0 aliphatic rings. The number of carbonyl (C=O) groups is 1. The van der Waals surface area contributed by atoms with Crippen molar-refractivity contribution in [2.45, 2.75) is 0 Å². The zero-order valence-electron chi connectivity index (χ0n) is 10.1. The van der Waals surface area contributed by atoms with E-state index in [1.807, 2.05) is 30.5 Å². The fraction of sp³-hybridized carbons (Fsp3) is 0.308. The molecule has 0 fully saturated rings. The zero-order chi connectivity index (χ0) is 12.3. The van der Waals surface area contributed by atoms with E-state index in [1.165, 1.54) is 0 Å². The summed E-state index contributed by atoms with van der Waals surface area (Å²) in [4.78, 5) is 17.0. The largest absolute Gasteiger partial charge is 0.383 e. The number of nitrogens with zero attached hydrogens (tertiary/aromatic N) is 1. The maximum atomic E-state index is 12.2. The summed E-state index contributed by atoms with van der Waals surface area (Å²) in [7, 11) is 3.41. The third-order valence-corrected chi connectivity index (χ3v) is 2.80. The van der Waals surface area contributed by atoms with Gasteiger partial charge in [-0.3, -0.25) is 4.79 Å². The van der Waals surface area contributed by atoms with Gasteiger partial charge in [0.15, 0.2) is 0 Å².